The van der Waals surface area contributed by atoms with Crippen molar-refractivity contribution in [3.63, 3.8) is 0 Å². The van der Waals surface area contributed by atoms with Crippen molar-refractivity contribution in [1.29, 1.82) is 0 Å². The van der Waals surface area contributed by atoms with Crippen LogP contribution >= 0.6 is 0 Å². The molecule has 24 heavy (non-hydrogen) atoms. The summed E-state index contributed by atoms with van der Waals surface area (Å²) in [5.41, 5.74) is 2.84. The van der Waals surface area contributed by atoms with E-state index < -0.39 is 0 Å². The average molecular weight is 331 g/mol. The van der Waals surface area contributed by atoms with Crippen LogP contribution in [0, 0.1) is 11.3 Å². The van der Waals surface area contributed by atoms with Crippen molar-refractivity contribution in [1.82, 2.24) is 5.32 Å². The average Bonchev–Trinajstić information content (AvgIpc) is 2.96. The second-order valence-corrected chi connectivity index (χ2v) is 7.70. The highest BCUT2D eigenvalue weighted by molar-refractivity contribution is 5.38. The van der Waals surface area contributed by atoms with E-state index >= 15 is 0 Å². The van der Waals surface area contributed by atoms with Crippen LogP contribution in [0.1, 0.15) is 49.8 Å². The van der Waals surface area contributed by atoms with Gasteiger partial charge in [0.15, 0.2) is 0 Å². The van der Waals surface area contributed by atoms with Crippen molar-refractivity contribution in [3.05, 3.63) is 29.3 Å². The lowest BCUT2D eigenvalue weighted by molar-refractivity contribution is -0.178. The first-order valence-corrected chi connectivity index (χ1v) is 9.23. The Morgan fingerprint density at radius 3 is 2.83 bits per heavy atom. The maximum absolute atomic E-state index is 6.04. The van der Waals surface area contributed by atoms with Gasteiger partial charge in [-0.2, -0.15) is 0 Å². The largest absolute Gasteiger partial charge is 0.496 e. The smallest absolute Gasteiger partial charge is 0.124 e. The summed E-state index contributed by atoms with van der Waals surface area (Å²) < 4.78 is 16.8. The van der Waals surface area contributed by atoms with Crippen molar-refractivity contribution < 1.29 is 14.2 Å². The van der Waals surface area contributed by atoms with Crippen LogP contribution in [0.5, 0.6) is 5.75 Å². The molecule has 0 radical (unpaired) electrons. The number of hydrogen-bond acceptors (Lipinski definition) is 4. The van der Waals surface area contributed by atoms with Crippen LogP contribution in [-0.2, 0) is 16.1 Å². The zero-order valence-electron chi connectivity index (χ0n) is 15.0. The standard InChI is InChI=1S/C20H29NO3/c1-13(14-5-6-17(23-3)15(11-14)12-22-2)21-18-16-7-10-24-19(16)20(18)8-4-9-20/h5-6,11,13,16,18-19,21H,4,7-10,12H2,1-3H3/t13-,16+,18+,19-/m0/s1. The van der Waals surface area contributed by atoms with Crippen molar-refractivity contribution in [2.45, 2.75) is 57.4 Å². The monoisotopic (exact) mass is 331 g/mol. The van der Waals surface area contributed by atoms with E-state index in [-0.39, 0.29) is 0 Å². The predicted octanol–water partition coefficient (Wildman–Crippen LogP) is 3.45. The lowest BCUT2D eigenvalue weighted by Gasteiger charge is -2.64. The first-order valence-electron chi connectivity index (χ1n) is 9.23. The van der Waals surface area contributed by atoms with Crippen molar-refractivity contribution in [3.8, 4) is 5.75 Å². The molecule has 4 heteroatoms. The molecule has 1 aromatic carbocycles. The second-order valence-electron chi connectivity index (χ2n) is 7.70. The minimum Gasteiger partial charge on any atom is -0.496 e. The van der Waals surface area contributed by atoms with Gasteiger partial charge < -0.3 is 19.5 Å². The molecule has 1 aromatic rings. The summed E-state index contributed by atoms with van der Waals surface area (Å²) in [4.78, 5) is 0. The molecule has 1 aliphatic heterocycles. The molecule has 132 valence electrons. The Balaban J connectivity index is 1.50. The third kappa shape index (κ3) is 2.39. The molecule has 1 saturated heterocycles. The van der Waals surface area contributed by atoms with Crippen molar-refractivity contribution >= 4 is 0 Å². The summed E-state index contributed by atoms with van der Waals surface area (Å²) in [5.74, 6) is 1.61. The van der Waals surface area contributed by atoms with Gasteiger partial charge in [-0.25, -0.2) is 0 Å². The first-order chi connectivity index (χ1) is 11.7. The van der Waals surface area contributed by atoms with Crippen LogP contribution in [0.4, 0.5) is 0 Å². The van der Waals surface area contributed by atoms with Crippen LogP contribution in [0.3, 0.4) is 0 Å². The van der Waals surface area contributed by atoms with Gasteiger partial charge in [0, 0.05) is 42.7 Å². The summed E-state index contributed by atoms with van der Waals surface area (Å²) in [6.45, 7) is 3.80. The number of methoxy groups -OCH3 is 2. The highest BCUT2D eigenvalue weighted by atomic mass is 16.5. The molecule has 4 atom stereocenters. The van der Waals surface area contributed by atoms with Gasteiger partial charge in [0.25, 0.3) is 0 Å². The molecule has 1 N–H and O–H groups in total. The Morgan fingerprint density at radius 1 is 1.33 bits per heavy atom. The van der Waals surface area contributed by atoms with E-state index in [1.807, 2.05) is 0 Å². The zero-order chi connectivity index (χ0) is 16.7. The minimum absolute atomic E-state index is 0.329. The second kappa shape index (κ2) is 6.32. The summed E-state index contributed by atoms with van der Waals surface area (Å²) in [6.07, 6.45) is 5.76. The van der Waals surface area contributed by atoms with Gasteiger partial charge in [0.05, 0.1) is 19.8 Å². The number of hydrogen-bond donors (Lipinski definition) is 1. The van der Waals surface area contributed by atoms with Crippen LogP contribution in [0.25, 0.3) is 0 Å². The number of rotatable bonds is 6. The molecule has 2 saturated carbocycles. The van der Waals surface area contributed by atoms with Gasteiger partial charge in [0.2, 0.25) is 0 Å². The quantitative estimate of drug-likeness (QED) is 0.867. The SMILES string of the molecule is COCc1cc([C@H](C)N[C@@H]2[C@H]3CCO[C@@H]3C23CCC3)ccc1OC. The van der Waals surface area contributed by atoms with Gasteiger partial charge in [-0.05, 0) is 43.9 Å². The summed E-state index contributed by atoms with van der Waals surface area (Å²) >= 11 is 0. The van der Waals surface area contributed by atoms with E-state index in [9.17, 15) is 0 Å². The van der Waals surface area contributed by atoms with Crippen LogP contribution in [-0.4, -0.2) is 33.0 Å². The summed E-state index contributed by atoms with van der Waals surface area (Å²) in [6, 6.07) is 7.39. The fraction of sp³-hybridized carbons (Fsp3) is 0.700. The normalized spacial score (nSPS) is 31.2. The van der Waals surface area contributed by atoms with Crippen LogP contribution in [0.2, 0.25) is 0 Å². The highest BCUT2D eigenvalue weighted by Gasteiger charge is 2.66. The lowest BCUT2D eigenvalue weighted by Crippen LogP contribution is -2.71. The molecule has 3 fully saturated rings. The lowest BCUT2D eigenvalue weighted by atomic mass is 9.46. The van der Waals surface area contributed by atoms with Gasteiger partial charge in [-0.3, -0.25) is 0 Å². The minimum atomic E-state index is 0.329. The third-order valence-electron chi connectivity index (χ3n) is 6.57. The summed E-state index contributed by atoms with van der Waals surface area (Å²) in [7, 11) is 3.44. The fourth-order valence-electron chi connectivity index (χ4n) is 5.20. The van der Waals surface area contributed by atoms with Gasteiger partial charge in [-0.15, -0.1) is 0 Å². The topological polar surface area (TPSA) is 39.7 Å². The molecule has 3 aliphatic rings. The molecule has 0 aromatic heterocycles. The third-order valence-corrected chi connectivity index (χ3v) is 6.57. The molecule has 0 unspecified atom stereocenters. The van der Waals surface area contributed by atoms with E-state index in [0.717, 1.165) is 17.9 Å². The van der Waals surface area contributed by atoms with Crippen molar-refractivity contribution in [2.75, 3.05) is 20.8 Å². The predicted molar refractivity (Wildman–Crippen MR) is 93.2 cm³/mol. The van der Waals surface area contributed by atoms with E-state index in [0.29, 0.717) is 36.1 Å². The zero-order valence-corrected chi connectivity index (χ0v) is 15.0. The molecule has 1 spiro atoms. The number of nitrogens with one attached hydrogen (secondary N) is 1. The Morgan fingerprint density at radius 2 is 2.17 bits per heavy atom. The number of fused-ring (bicyclic) bond motifs is 2. The van der Waals surface area contributed by atoms with E-state index in [2.05, 4.69) is 30.4 Å². The fourth-order valence-corrected chi connectivity index (χ4v) is 5.20. The van der Waals surface area contributed by atoms with E-state index in [4.69, 9.17) is 14.2 Å². The first kappa shape index (κ1) is 16.4. The molecule has 0 bridgehead atoms. The molecule has 4 rings (SSSR count). The van der Waals surface area contributed by atoms with Gasteiger partial charge in [0.1, 0.15) is 5.75 Å². The Bertz CT molecular complexity index is 599. The molecule has 0 amide bonds. The number of benzene rings is 1. The van der Waals surface area contributed by atoms with Gasteiger partial charge in [-0.1, -0.05) is 12.5 Å². The maximum atomic E-state index is 6.04. The molecule has 1 heterocycles. The van der Waals surface area contributed by atoms with Crippen molar-refractivity contribution in [2.24, 2.45) is 11.3 Å². The highest BCUT2D eigenvalue weighted by Crippen LogP contribution is 2.63. The van der Waals surface area contributed by atoms with Crippen LogP contribution < -0.4 is 10.1 Å². The van der Waals surface area contributed by atoms with E-state index in [1.54, 1.807) is 14.2 Å². The molecule has 2 aliphatic carbocycles. The molecular weight excluding hydrogens is 302 g/mol. The molecule has 4 nitrogen and oxygen atoms in total. The Kier molecular flexibility index (Phi) is 4.31. The Labute approximate surface area is 144 Å². The maximum Gasteiger partial charge on any atom is 0.124 e. The van der Waals surface area contributed by atoms with Crippen LogP contribution in [0.15, 0.2) is 18.2 Å². The van der Waals surface area contributed by atoms with Gasteiger partial charge >= 0.3 is 0 Å². The molecular formula is C20H29NO3. The Hall–Kier alpha value is -1.10. The number of ether oxygens (including phenoxy) is 3. The van der Waals surface area contributed by atoms with E-state index in [1.165, 1.54) is 31.2 Å². The summed E-state index contributed by atoms with van der Waals surface area (Å²) in [5, 5.41) is 3.94.